The predicted molar refractivity (Wildman–Crippen MR) is 132 cm³/mol. The molecule has 0 fully saturated rings. The zero-order valence-corrected chi connectivity index (χ0v) is 20.5. The van der Waals surface area contributed by atoms with E-state index in [2.05, 4.69) is 53.7 Å². The molecule has 0 saturated carbocycles. The van der Waals surface area contributed by atoms with Gasteiger partial charge in [-0.25, -0.2) is 4.99 Å². The lowest BCUT2D eigenvalue weighted by Gasteiger charge is -2.20. The average molecular weight is 442 g/mol. The molecule has 32 heavy (non-hydrogen) atoms. The Balaban J connectivity index is 2.01. The number of hydrogen-bond acceptors (Lipinski definition) is 4. The van der Waals surface area contributed by atoms with E-state index in [0.29, 0.717) is 12.5 Å². The number of anilines is 1. The van der Waals surface area contributed by atoms with Gasteiger partial charge in [0, 0.05) is 58.2 Å². The molecule has 1 aromatic carbocycles. The second-order valence-corrected chi connectivity index (χ2v) is 8.05. The molecule has 2 aromatic rings. The van der Waals surface area contributed by atoms with Gasteiger partial charge >= 0.3 is 0 Å². The number of aromatic nitrogens is 2. The van der Waals surface area contributed by atoms with Gasteiger partial charge in [-0.05, 0) is 31.4 Å². The SMILES string of the molecule is CCc1nn(C)c(CC)c1CN=C(NCCCN(C)c1ccccc1)NCC(=O)N(C)C. The van der Waals surface area contributed by atoms with Gasteiger partial charge < -0.3 is 20.4 Å². The summed E-state index contributed by atoms with van der Waals surface area (Å²) in [6.07, 6.45) is 2.73. The number of benzene rings is 1. The van der Waals surface area contributed by atoms with Gasteiger partial charge in [-0.3, -0.25) is 9.48 Å². The summed E-state index contributed by atoms with van der Waals surface area (Å²) < 4.78 is 1.96. The van der Waals surface area contributed by atoms with Crippen LogP contribution in [0.5, 0.6) is 0 Å². The standard InChI is InChI=1S/C24H39N7O/c1-7-21-20(22(8-2)31(6)28-21)17-26-24(27-18-23(32)29(3)4)25-15-12-16-30(5)19-13-10-9-11-14-19/h9-11,13-14H,7-8,12,15-18H2,1-6H3,(H2,25,26,27). The first kappa shape index (κ1) is 25.2. The Morgan fingerprint density at radius 2 is 1.81 bits per heavy atom. The van der Waals surface area contributed by atoms with Gasteiger partial charge in [0.1, 0.15) is 0 Å². The Morgan fingerprint density at radius 1 is 1.09 bits per heavy atom. The van der Waals surface area contributed by atoms with Crippen LogP contribution in [-0.4, -0.2) is 67.3 Å². The Morgan fingerprint density at radius 3 is 2.44 bits per heavy atom. The molecule has 0 saturated heterocycles. The van der Waals surface area contributed by atoms with Crippen molar-refractivity contribution in [2.45, 2.75) is 39.7 Å². The zero-order chi connectivity index (χ0) is 23.5. The first-order valence-electron chi connectivity index (χ1n) is 11.4. The van der Waals surface area contributed by atoms with E-state index in [1.54, 1.807) is 19.0 Å². The summed E-state index contributed by atoms with van der Waals surface area (Å²) in [5, 5.41) is 11.2. The normalized spacial score (nSPS) is 11.4. The maximum Gasteiger partial charge on any atom is 0.241 e. The molecule has 0 aliphatic heterocycles. The summed E-state index contributed by atoms with van der Waals surface area (Å²) in [5.74, 6) is 0.656. The minimum Gasteiger partial charge on any atom is -0.375 e. The molecule has 1 amide bonds. The number of likely N-dealkylation sites (N-methyl/N-ethyl adjacent to an activating group) is 1. The first-order valence-corrected chi connectivity index (χ1v) is 11.4. The molecule has 1 heterocycles. The van der Waals surface area contributed by atoms with E-state index in [0.717, 1.165) is 38.0 Å². The number of para-hydroxylation sites is 1. The summed E-state index contributed by atoms with van der Waals surface area (Å²) in [4.78, 5) is 20.7. The van der Waals surface area contributed by atoms with Gasteiger partial charge in [-0.2, -0.15) is 5.10 Å². The summed E-state index contributed by atoms with van der Waals surface area (Å²) in [7, 11) is 7.59. The number of nitrogens with zero attached hydrogens (tertiary/aromatic N) is 5. The number of rotatable bonds is 11. The number of carbonyl (C=O) groups is 1. The van der Waals surface area contributed by atoms with Gasteiger partial charge in [0.15, 0.2) is 5.96 Å². The van der Waals surface area contributed by atoms with E-state index in [9.17, 15) is 4.79 Å². The van der Waals surface area contributed by atoms with Crippen LogP contribution in [0.25, 0.3) is 0 Å². The van der Waals surface area contributed by atoms with Gasteiger partial charge in [0.2, 0.25) is 5.91 Å². The van der Waals surface area contributed by atoms with Crippen molar-refractivity contribution in [2.75, 3.05) is 45.7 Å². The Hall–Kier alpha value is -3.03. The molecule has 2 rings (SSSR count). The quantitative estimate of drug-likeness (QED) is 0.318. The van der Waals surface area contributed by atoms with Crippen molar-refractivity contribution in [3.8, 4) is 0 Å². The maximum atomic E-state index is 12.1. The Bertz CT molecular complexity index is 874. The topological polar surface area (TPSA) is 77.8 Å². The lowest BCUT2D eigenvalue weighted by molar-refractivity contribution is -0.127. The van der Waals surface area contributed by atoms with Crippen molar-refractivity contribution >= 4 is 17.6 Å². The molecule has 176 valence electrons. The highest BCUT2D eigenvalue weighted by molar-refractivity contribution is 5.86. The number of carbonyl (C=O) groups excluding carboxylic acids is 1. The number of aliphatic imine (C=N–C) groups is 1. The zero-order valence-electron chi connectivity index (χ0n) is 20.5. The highest BCUT2D eigenvalue weighted by Crippen LogP contribution is 2.16. The van der Waals surface area contributed by atoms with E-state index >= 15 is 0 Å². The van der Waals surface area contributed by atoms with E-state index in [4.69, 9.17) is 4.99 Å². The number of amides is 1. The third-order valence-electron chi connectivity index (χ3n) is 5.49. The predicted octanol–water partition coefficient (Wildman–Crippen LogP) is 2.19. The molecule has 1 aromatic heterocycles. The van der Waals surface area contributed by atoms with Crippen LogP contribution in [0.2, 0.25) is 0 Å². The number of aryl methyl sites for hydroxylation is 2. The molecule has 0 unspecified atom stereocenters. The van der Waals surface area contributed by atoms with Crippen molar-refractivity contribution < 1.29 is 4.79 Å². The molecular formula is C24H39N7O. The second-order valence-electron chi connectivity index (χ2n) is 8.05. The van der Waals surface area contributed by atoms with E-state index in [1.807, 2.05) is 29.9 Å². The Labute approximate surface area is 192 Å². The van der Waals surface area contributed by atoms with Crippen molar-refractivity contribution in [1.82, 2.24) is 25.3 Å². The van der Waals surface area contributed by atoms with E-state index in [1.165, 1.54) is 16.9 Å². The van der Waals surface area contributed by atoms with Crippen LogP contribution in [0.15, 0.2) is 35.3 Å². The van der Waals surface area contributed by atoms with Crippen molar-refractivity contribution in [2.24, 2.45) is 12.0 Å². The summed E-state index contributed by atoms with van der Waals surface area (Å²) in [6, 6.07) is 10.3. The minimum absolute atomic E-state index is 0.00758. The molecule has 0 spiro atoms. The van der Waals surface area contributed by atoms with Crippen LogP contribution in [-0.2, 0) is 31.2 Å². The smallest absolute Gasteiger partial charge is 0.241 e. The highest BCUT2D eigenvalue weighted by Gasteiger charge is 2.14. The van der Waals surface area contributed by atoms with Crippen LogP contribution in [0.3, 0.4) is 0 Å². The monoisotopic (exact) mass is 441 g/mol. The second kappa shape index (κ2) is 12.7. The average Bonchev–Trinajstić information content (AvgIpc) is 3.12. The first-order chi connectivity index (χ1) is 15.4. The number of nitrogens with one attached hydrogen (secondary N) is 2. The maximum absolute atomic E-state index is 12.1. The van der Waals surface area contributed by atoms with Gasteiger partial charge in [0.05, 0.1) is 18.8 Å². The van der Waals surface area contributed by atoms with Crippen molar-refractivity contribution in [1.29, 1.82) is 0 Å². The van der Waals surface area contributed by atoms with Crippen LogP contribution in [0.4, 0.5) is 5.69 Å². The highest BCUT2D eigenvalue weighted by atomic mass is 16.2. The van der Waals surface area contributed by atoms with Crippen molar-refractivity contribution in [3.63, 3.8) is 0 Å². The fraction of sp³-hybridized carbons (Fsp3) is 0.542. The van der Waals surface area contributed by atoms with Crippen LogP contribution >= 0.6 is 0 Å². The molecule has 0 atom stereocenters. The van der Waals surface area contributed by atoms with Gasteiger partial charge in [-0.1, -0.05) is 32.0 Å². The lowest BCUT2D eigenvalue weighted by Crippen LogP contribution is -2.43. The summed E-state index contributed by atoms with van der Waals surface area (Å²) in [6.45, 7) is 6.68. The summed E-state index contributed by atoms with van der Waals surface area (Å²) >= 11 is 0. The molecule has 8 nitrogen and oxygen atoms in total. The molecule has 8 heteroatoms. The van der Waals surface area contributed by atoms with Crippen molar-refractivity contribution in [3.05, 3.63) is 47.3 Å². The Kier molecular flexibility index (Phi) is 10.0. The number of guanidine groups is 1. The van der Waals surface area contributed by atoms with Crippen LogP contribution < -0.4 is 15.5 Å². The van der Waals surface area contributed by atoms with E-state index < -0.39 is 0 Å². The van der Waals surface area contributed by atoms with Gasteiger partial charge in [0.25, 0.3) is 0 Å². The fourth-order valence-corrected chi connectivity index (χ4v) is 3.56. The summed E-state index contributed by atoms with van der Waals surface area (Å²) in [5.41, 5.74) is 4.67. The molecule has 0 radical (unpaired) electrons. The molecule has 0 bridgehead atoms. The minimum atomic E-state index is 0.00758. The van der Waals surface area contributed by atoms with E-state index in [-0.39, 0.29) is 12.5 Å². The van der Waals surface area contributed by atoms with Gasteiger partial charge in [-0.15, -0.1) is 0 Å². The largest absolute Gasteiger partial charge is 0.375 e. The molecule has 0 aliphatic rings. The number of hydrogen-bond donors (Lipinski definition) is 2. The third kappa shape index (κ3) is 7.28. The fourth-order valence-electron chi connectivity index (χ4n) is 3.56. The van der Waals surface area contributed by atoms with Crippen LogP contribution in [0.1, 0.15) is 37.2 Å². The van der Waals surface area contributed by atoms with Crippen LogP contribution in [0, 0.1) is 0 Å². The molecular weight excluding hydrogens is 402 g/mol. The lowest BCUT2D eigenvalue weighted by atomic mass is 10.1. The molecule has 2 N–H and O–H groups in total. The molecule has 0 aliphatic carbocycles. The third-order valence-corrected chi connectivity index (χ3v) is 5.49.